The number of rotatable bonds is 5. The molecule has 3 atom stereocenters. The van der Waals surface area contributed by atoms with Crippen LogP contribution in [0.2, 0.25) is 0 Å². The number of nitrogens with one attached hydrogen (secondary N) is 2. The van der Waals surface area contributed by atoms with Crippen LogP contribution in [0.15, 0.2) is 64.2 Å². The lowest BCUT2D eigenvalue weighted by Gasteiger charge is -2.32. The average molecular weight is 474 g/mol. The normalized spacial score (nSPS) is 21.4. The van der Waals surface area contributed by atoms with Gasteiger partial charge in [0, 0.05) is 23.4 Å². The SMILES string of the molecule is COc1cccc2c1CC[C@H]1CNC(CCn3c(=O)[nH]c4cc(-c5ccccc5)sc4c3=O)[C@@H]21. The van der Waals surface area contributed by atoms with Crippen LogP contribution in [0.4, 0.5) is 0 Å². The van der Waals surface area contributed by atoms with E-state index in [-0.39, 0.29) is 17.3 Å². The van der Waals surface area contributed by atoms with Crippen molar-refractivity contribution in [3.8, 4) is 16.2 Å². The topological polar surface area (TPSA) is 76.1 Å². The summed E-state index contributed by atoms with van der Waals surface area (Å²) < 4.78 is 7.60. The van der Waals surface area contributed by atoms with Gasteiger partial charge in [0.2, 0.25) is 0 Å². The van der Waals surface area contributed by atoms with Crippen molar-refractivity contribution < 1.29 is 4.74 Å². The quantitative estimate of drug-likeness (QED) is 0.457. The summed E-state index contributed by atoms with van der Waals surface area (Å²) in [6.45, 7) is 1.37. The van der Waals surface area contributed by atoms with Crippen LogP contribution in [-0.4, -0.2) is 29.2 Å². The van der Waals surface area contributed by atoms with E-state index in [1.165, 1.54) is 27.0 Å². The molecule has 34 heavy (non-hydrogen) atoms. The van der Waals surface area contributed by atoms with Crippen molar-refractivity contribution in [2.75, 3.05) is 13.7 Å². The second-order valence-corrected chi connectivity index (χ2v) is 10.3. The molecule has 1 unspecified atom stereocenters. The van der Waals surface area contributed by atoms with Gasteiger partial charge in [-0.2, -0.15) is 0 Å². The van der Waals surface area contributed by atoms with E-state index < -0.39 is 0 Å². The first-order valence-electron chi connectivity index (χ1n) is 11.9. The molecular weight excluding hydrogens is 446 g/mol. The van der Waals surface area contributed by atoms with Crippen LogP contribution in [0, 0.1) is 5.92 Å². The second kappa shape index (κ2) is 8.56. The predicted octanol–water partition coefficient (Wildman–Crippen LogP) is 4.14. The summed E-state index contributed by atoms with van der Waals surface area (Å²) in [4.78, 5) is 30.0. The highest BCUT2D eigenvalue weighted by molar-refractivity contribution is 7.22. The molecule has 6 rings (SSSR count). The summed E-state index contributed by atoms with van der Waals surface area (Å²) in [7, 11) is 1.73. The third-order valence-electron chi connectivity index (χ3n) is 7.48. The summed E-state index contributed by atoms with van der Waals surface area (Å²) in [6.07, 6.45) is 2.89. The van der Waals surface area contributed by atoms with Crippen molar-refractivity contribution in [1.29, 1.82) is 0 Å². The molecule has 2 aromatic heterocycles. The summed E-state index contributed by atoms with van der Waals surface area (Å²) in [6, 6.07) is 18.4. The number of fused-ring (bicyclic) bond motifs is 4. The van der Waals surface area contributed by atoms with Gasteiger partial charge in [0.05, 0.1) is 12.6 Å². The molecule has 0 bridgehead atoms. The van der Waals surface area contributed by atoms with E-state index in [1.54, 1.807) is 7.11 Å². The van der Waals surface area contributed by atoms with Gasteiger partial charge in [-0.05, 0) is 60.5 Å². The Morgan fingerprint density at radius 1 is 1.12 bits per heavy atom. The summed E-state index contributed by atoms with van der Waals surface area (Å²) >= 11 is 1.44. The molecule has 4 aromatic rings. The Labute approximate surface area is 201 Å². The predicted molar refractivity (Wildman–Crippen MR) is 136 cm³/mol. The largest absolute Gasteiger partial charge is 0.496 e. The minimum Gasteiger partial charge on any atom is -0.496 e. The molecule has 0 saturated carbocycles. The van der Waals surface area contributed by atoms with Crippen molar-refractivity contribution in [1.82, 2.24) is 14.9 Å². The van der Waals surface area contributed by atoms with Crippen molar-refractivity contribution in [3.05, 3.63) is 86.6 Å². The highest BCUT2D eigenvalue weighted by Crippen LogP contribution is 2.45. The van der Waals surface area contributed by atoms with E-state index >= 15 is 0 Å². The fourth-order valence-electron chi connectivity index (χ4n) is 5.86. The van der Waals surface area contributed by atoms with Gasteiger partial charge in [-0.1, -0.05) is 42.5 Å². The monoisotopic (exact) mass is 473 g/mol. The summed E-state index contributed by atoms with van der Waals surface area (Å²) in [5.74, 6) is 1.92. The molecule has 1 saturated heterocycles. The Hall–Kier alpha value is -3.16. The van der Waals surface area contributed by atoms with Crippen LogP contribution in [0.5, 0.6) is 5.75 Å². The van der Waals surface area contributed by atoms with Gasteiger partial charge < -0.3 is 15.0 Å². The molecule has 1 fully saturated rings. The Morgan fingerprint density at radius 2 is 1.97 bits per heavy atom. The lowest BCUT2D eigenvalue weighted by atomic mass is 9.73. The van der Waals surface area contributed by atoms with Gasteiger partial charge in [-0.25, -0.2) is 4.79 Å². The number of H-pyrrole nitrogens is 1. The first kappa shape index (κ1) is 21.4. The molecule has 2 aromatic carbocycles. The highest BCUT2D eigenvalue weighted by Gasteiger charge is 2.40. The van der Waals surface area contributed by atoms with Crippen LogP contribution in [0.1, 0.15) is 29.9 Å². The maximum atomic E-state index is 13.3. The number of ether oxygens (including phenoxy) is 1. The molecular formula is C27H27N3O3S. The van der Waals surface area contributed by atoms with Gasteiger partial charge in [-0.15, -0.1) is 11.3 Å². The lowest BCUT2D eigenvalue weighted by molar-refractivity contribution is 0.371. The van der Waals surface area contributed by atoms with E-state index in [2.05, 4.69) is 22.4 Å². The van der Waals surface area contributed by atoms with E-state index in [1.807, 2.05) is 42.5 Å². The van der Waals surface area contributed by atoms with Crippen molar-refractivity contribution >= 4 is 21.6 Å². The zero-order valence-electron chi connectivity index (χ0n) is 19.0. The van der Waals surface area contributed by atoms with Gasteiger partial charge >= 0.3 is 5.69 Å². The number of methoxy groups -OCH3 is 1. The van der Waals surface area contributed by atoms with Gasteiger partial charge in [-0.3, -0.25) is 9.36 Å². The Morgan fingerprint density at radius 3 is 2.79 bits per heavy atom. The van der Waals surface area contributed by atoms with Crippen LogP contribution in [-0.2, 0) is 13.0 Å². The molecule has 0 radical (unpaired) electrons. The Kier molecular flexibility index (Phi) is 5.38. The van der Waals surface area contributed by atoms with Gasteiger partial charge in [0.25, 0.3) is 5.56 Å². The Bertz CT molecular complexity index is 1470. The van der Waals surface area contributed by atoms with Gasteiger partial charge in [0.15, 0.2) is 0 Å². The molecule has 3 heterocycles. The molecule has 1 aliphatic carbocycles. The van der Waals surface area contributed by atoms with Crippen molar-refractivity contribution in [2.45, 2.75) is 37.8 Å². The van der Waals surface area contributed by atoms with Gasteiger partial charge in [0.1, 0.15) is 10.4 Å². The minimum atomic E-state index is -0.338. The van der Waals surface area contributed by atoms with Crippen LogP contribution < -0.4 is 21.3 Å². The smallest absolute Gasteiger partial charge is 0.328 e. The molecule has 174 valence electrons. The second-order valence-electron chi connectivity index (χ2n) is 9.26. The average Bonchev–Trinajstić information content (AvgIpc) is 3.48. The van der Waals surface area contributed by atoms with E-state index in [4.69, 9.17) is 4.74 Å². The fourth-order valence-corrected chi connectivity index (χ4v) is 6.93. The first-order chi connectivity index (χ1) is 16.6. The van der Waals surface area contributed by atoms with E-state index in [0.29, 0.717) is 28.6 Å². The third-order valence-corrected chi connectivity index (χ3v) is 8.65. The van der Waals surface area contributed by atoms with Crippen molar-refractivity contribution in [3.63, 3.8) is 0 Å². The molecule has 6 nitrogen and oxygen atoms in total. The maximum absolute atomic E-state index is 13.3. The van der Waals surface area contributed by atoms with Crippen LogP contribution in [0.3, 0.4) is 0 Å². The number of benzene rings is 2. The molecule has 0 spiro atoms. The minimum absolute atomic E-state index is 0.203. The molecule has 1 aliphatic heterocycles. The summed E-state index contributed by atoms with van der Waals surface area (Å²) in [5, 5.41) is 3.68. The first-order valence-corrected chi connectivity index (χ1v) is 12.7. The zero-order valence-corrected chi connectivity index (χ0v) is 19.9. The standard InChI is InChI=1S/C27H27N3O3S/c1-33-22-9-5-8-19-18(22)11-10-17-15-28-20(24(17)19)12-13-30-26(31)25-21(29-27(30)32)14-23(34-25)16-6-3-2-4-7-16/h2-9,14,17,20,24,28H,10-13,15H2,1H3,(H,29,32)/t17-,20?,24+/m0/s1. The van der Waals surface area contributed by atoms with Crippen molar-refractivity contribution in [2.24, 2.45) is 5.92 Å². The Balaban J connectivity index is 1.29. The zero-order chi connectivity index (χ0) is 23.2. The number of aromatic nitrogens is 2. The highest BCUT2D eigenvalue weighted by atomic mass is 32.1. The number of aromatic amines is 1. The molecule has 2 N–H and O–H groups in total. The third kappa shape index (κ3) is 3.51. The lowest BCUT2D eigenvalue weighted by Crippen LogP contribution is -2.37. The number of hydrogen-bond donors (Lipinski definition) is 2. The fraction of sp³-hybridized carbons (Fsp3) is 0.333. The molecule has 2 aliphatic rings. The van der Waals surface area contributed by atoms with E-state index in [0.717, 1.165) is 42.0 Å². The van der Waals surface area contributed by atoms with E-state index in [9.17, 15) is 9.59 Å². The maximum Gasteiger partial charge on any atom is 0.328 e. The number of hydrogen-bond acceptors (Lipinski definition) is 5. The summed E-state index contributed by atoms with van der Waals surface area (Å²) in [5.41, 5.74) is 3.78. The van der Waals surface area contributed by atoms with Crippen LogP contribution >= 0.6 is 11.3 Å². The van der Waals surface area contributed by atoms with Crippen LogP contribution in [0.25, 0.3) is 20.7 Å². The molecule has 0 amide bonds. The number of nitrogens with zero attached hydrogens (tertiary/aromatic N) is 1. The number of thiophene rings is 1. The molecule has 7 heteroatoms.